The average molecular weight is 185 g/mol. The molecule has 1 aliphatic rings. The molecule has 0 aromatic heterocycles. The summed E-state index contributed by atoms with van der Waals surface area (Å²) < 4.78 is 0. The van der Waals surface area contributed by atoms with E-state index in [-0.39, 0.29) is 6.03 Å². The minimum atomic E-state index is -0.0227. The van der Waals surface area contributed by atoms with E-state index < -0.39 is 0 Å². The van der Waals surface area contributed by atoms with Gasteiger partial charge in [-0.15, -0.1) is 0 Å². The van der Waals surface area contributed by atoms with Gasteiger partial charge >= 0.3 is 6.03 Å². The molecule has 4 heteroatoms. The number of carbonyl (C=O) groups excluding carboxylic acids is 1. The van der Waals surface area contributed by atoms with Crippen molar-refractivity contribution in [1.82, 2.24) is 16.0 Å². The van der Waals surface area contributed by atoms with E-state index in [1.54, 1.807) is 0 Å². The highest BCUT2D eigenvalue weighted by Crippen LogP contribution is 2.18. The molecule has 0 bridgehead atoms. The van der Waals surface area contributed by atoms with Gasteiger partial charge < -0.3 is 16.0 Å². The molecule has 13 heavy (non-hydrogen) atoms. The summed E-state index contributed by atoms with van der Waals surface area (Å²) in [6.45, 7) is 3.77. The highest BCUT2D eigenvalue weighted by Gasteiger charge is 2.22. The predicted molar refractivity (Wildman–Crippen MR) is 52.6 cm³/mol. The molecule has 1 saturated carbocycles. The summed E-state index contributed by atoms with van der Waals surface area (Å²) in [5.74, 6) is 0.481. The topological polar surface area (TPSA) is 53.2 Å². The van der Waals surface area contributed by atoms with Gasteiger partial charge in [0.05, 0.1) is 0 Å². The third-order valence-electron chi connectivity index (χ3n) is 2.08. The molecule has 4 nitrogen and oxygen atoms in total. The van der Waals surface area contributed by atoms with E-state index in [2.05, 4.69) is 22.9 Å². The maximum Gasteiger partial charge on any atom is 0.315 e. The summed E-state index contributed by atoms with van der Waals surface area (Å²) >= 11 is 0. The predicted octanol–water partition coefficient (Wildman–Crippen LogP) is 0.304. The summed E-state index contributed by atoms with van der Waals surface area (Å²) in [7, 11) is 1.92. The van der Waals surface area contributed by atoms with Crippen LogP contribution in [0.2, 0.25) is 0 Å². The lowest BCUT2D eigenvalue weighted by Crippen LogP contribution is -2.40. The number of hydrogen-bond acceptors (Lipinski definition) is 2. The van der Waals surface area contributed by atoms with Crippen molar-refractivity contribution in [2.45, 2.75) is 25.8 Å². The van der Waals surface area contributed by atoms with Crippen molar-refractivity contribution < 1.29 is 4.79 Å². The Kier molecular flexibility index (Phi) is 4.02. The Morgan fingerprint density at radius 2 is 2.15 bits per heavy atom. The molecule has 0 saturated heterocycles. The fourth-order valence-corrected chi connectivity index (χ4v) is 1.15. The zero-order valence-electron chi connectivity index (χ0n) is 8.39. The van der Waals surface area contributed by atoms with Crippen LogP contribution in [0, 0.1) is 5.92 Å². The van der Waals surface area contributed by atoms with Crippen LogP contribution in [0.4, 0.5) is 4.79 Å². The Morgan fingerprint density at radius 1 is 1.46 bits per heavy atom. The second kappa shape index (κ2) is 5.07. The first-order valence-corrected chi connectivity index (χ1v) is 4.91. The van der Waals surface area contributed by atoms with E-state index in [9.17, 15) is 4.79 Å². The Bertz CT molecular complexity index is 168. The van der Waals surface area contributed by atoms with Crippen LogP contribution in [0.15, 0.2) is 0 Å². The Labute approximate surface area is 79.5 Å². The molecule has 2 amide bonds. The van der Waals surface area contributed by atoms with Crippen LogP contribution in [0.25, 0.3) is 0 Å². The third-order valence-corrected chi connectivity index (χ3v) is 2.08. The second-order valence-electron chi connectivity index (χ2n) is 3.79. The van der Waals surface area contributed by atoms with Crippen molar-refractivity contribution in [3.8, 4) is 0 Å². The van der Waals surface area contributed by atoms with Gasteiger partial charge in [-0.25, -0.2) is 4.79 Å². The summed E-state index contributed by atoms with van der Waals surface area (Å²) in [4.78, 5) is 11.2. The maximum atomic E-state index is 11.2. The SMILES string of the molecule is CNCC(C)CNC(=O)NC1CC1. The molecule has 0 spiro atoms. The van der Waals surface area contributed by atoms with E-state index in [0.29, 0.717) is 12.0 Å². The van der Waals surface area contributed by atoms with Crippen molar-refractivity contribution >= 4 is 6.03 Å². The zero-order valence-corrected chi connectivity index (χ0v) is 8.39. The van der Waals surface area contributed by atoms with Crippen LogP contribution in [0.5, 0.6) is 0 Å². The lowest BCUT2D eigenvalue weighted by Gasteiger charge is -2.12. The van der Waals surface area contributed by atoms with Crippen molar-refractivity contribution in [1.29, 1.82) is 0 Å². The molecule has 1 fully saturated rings. The van der Waals surface area contributed by atoms with Gasteiger partial charge in [0, 0.05) is 12.6 Å². The fourth-order valence-electron chi connectivity index (χ4n) is 1.15. The van der Waals surface area contributed by atoms with Crippen LogP contribution >= 0.6 is 0 Å². The number of amides is 2. The first-order valence-electron chi connectivity index (χ1n) is 4.91. The van der Waals surface area contributed by atoms with Gasteiger partial charge in [0.2, 0.25) is 0 Å². The normalized spacial score (nSPS) is 18.0. The molecule has 3 N–H and O–H groups in total. The van der Waals surface area contributed by atoms with Crippen LogP contribution in [-0.4, -0.2) is 32.2 Å². The van der Waals surface area contributed by atoms with Crippen molar-refractivity contribution in [2.24, 2.45) is 5.92 Å². The lowest BCUT2D eigenvalue weighted by atomic mass is 10.2. The largest absolute Gasteiger partial charge is 0.338 e. The zero-order chi connectivity index (χ0) is 9.68. The molecule has 1 unspecified atom stereocenters. The molecule has 76 valence electrons. The molecule has 0 radical (unpaired) electrons. The Balaban J connectivity index is 1.99. The van der Waals surface area contributed by atoms with Gasteiger partial charge in [-0.05, 0) is 32.4 Å². The number of carbonyl (C=O) groups is 1. The highest BCUT2D eigenvalue weighted by atomic mass is 16.2. The third kappa shape index (κ3) is 4.72. The van der Waals surface area contributed by atoms with Crippen molar-refractivity contribution in [3.63, 3.8) is 0 Å². The second-order valence-corrected chi connectivity index (χ2v) is 3.79. The van der Waals surface area contributed by atoms with E-state index in [1.807, 2.05) is 7.05 Å². The minimum Gasteiger partial charge on any atom is -0.338 e. The molecule has 1 atom stereocenters. The molecule has 0 heterocycles. The van der Waals surface area contributed by atoms with Gasteiger partial charge in [-0.1, -0.05) is 6.92 Å². The first-order chi connectivity index (χ1) is 6.22. The number of rotatable bonds is 5. The Morgan fingerprint density at radius 3 is 2.69 bits per heavy atom. The average Bonchev–Trinajstić information content (AvgIpc) is 2.85. The summed E-state index contributed by atoms with van der Waals surface area (Å²) in [6.07, 6.45) is 2.28. The number of nitrogens with one attached hydrogen (secondary N) is 3. The van der Waals surface area contributed by atoms with Crippen molar-refractivity contribution in [2.75, 3.05) is 20.1 Å². The maximum absolute atomic E-state index is 11.2. The molecule has 1 aliphatic carbocycles. The van der Waals surface area contributed by atoms with Gasteiger partial charge in [-0.3, -0.25) is 0 Å². The molecule has 0 aromatic rings. The molecule has 1 rings (SSSR count). The quantitative estimate of drug-likeness (QED) is 0.577. The lowest BCUT2D eigenvalue weighted by molar-refractivity contribution is 0.239. The molecular formula is C9H19N3O. The number of urea groups is 1. The monoisotopic (exact) mass is 185 g/mol. The summed E-state index contributed by atoms with van der Waals surface area (Å²) in [5.41, 5.74) is 0. The molecule has 0 aromatic carbocycles. The van der Waals surface area contributed by atoms with Crippen LogP contribution in [0.1, 0.15) is 19.8 Å². The Hall–Kier alpha value is -0.770. The molecular weight excluding hydrogens is 166 g/mol. The van der Waals surface area contributed by atoms with Gasteiger partial charge in [0.1, 0.15) is 0 Å². The van der Waals surface area contributed by atoms with E-state index >= 15 is 0 Å². The van der Waals surface area contributed by atoms with E-state index in [0.717, 1.165) is 25.9 Å². The van der Waals surface area contributed by atoms with E-state index in [4.69, 9.17) is 0 Å². The molecule has 0 aliphatic heterocycles. The van der Waals surface area contributed by atoms with Gasteiger partial charge in [0.15, 0.2) is 0 Å². The highest BCUT2D eigenvalue weighted by molar-refractivity contribution is 5.74. The standard InChI is InChI=1S/C9H19N3O/c1-7(5-10-2)6-11-9(13)12-8-3-4-8/h7-8,10H,3-6H2,1-2H3,(H2,11,12,13). The van der Waals surface area contributed by atoms with Crippen LogP contribution < -0.4 is 16.0 Å². The first kappa shape index (κ1) is 10.3. The fraction of sp³-hybridized carbons (Fsp3) is 0.889. The van der Waals surface area contributed by atoms with Crippen molar-refractivity contribution in [3.05, 3.63) is 0 Å². The summed E-state index contributed by atoms with van der Waals surface area (Å²) in [5, 5.41) is 8.80. The number of hydrogen-bond donors (Lipinski definition) is 3. The van der Waals surface area contributed by atoms with Gasteiger partial charge in [0.25, 0.3) is 0 Å². The summed E-state index contributed by atoms with van der Waals surface area (Å²) in [6, 6.07) is 0.421. The van der Waals surface area contributed by atoms with Crippen LogP contribution in [-0.2, 0) is 0 Å². The van der Waals surface area contributed by atoms with Gasteiger partial charge in [-0.2, -0.15) is 0 Å². The van der Waals surface area contributed by atoms with Crippen LogP contribution in [0.3, 0.4) is 0 Å². The van der Waals surface area contributed by atoms with E-state index in [1.165, 1.54) is 0 Å². The minimum absolute atomic E-state index is 0.0227. The smallest absolute Gasteiger partial charge is 0.315 e.